The molecule has 1 saturated carbocycles. The second-order valence-electron chi connectivity index (χ2n) is 4.99. The fourth-order valence-electron chi connectivity index (χ4n) is 2.80. The Bertz CT molecular complexity index is 523. The fraction of sp³-hybridized carbons (Fsp3) is 0.462. The summed E-state index contributed by atoms with van der Waals surface area (Å²) in [7, 11) is 0. The Morgan fingerprint density at radius 2 is 2.16 bits per heavy atom. The van der Waals surface area contributed by atoms with Gasteiger partial charge in [-0.25, -0.2) is 8.78 Å². The molecule has 6 heteroatoms. The van der Waals surface area contributed by atoms with Crippen molar-refractivity contribution in [3.05, 3.63) is 35.4 Å². The summed E-state index contributed by atoms with van der Waals surface area (Å²) in [5.41, 5.74) is 6.04. The van der Waals surface area contributed by atoms with Crippen LogP contribution in [0.1, 0.15) is 16.8 Å². The van der Waals surface area contributed by atoms with Gasteiger partial charge >= 0.3 is 0 Å². The number of nitrogens with one attached hydrogen (secondary N) is 1. The van der Waals surface area contributed by atoms with Gasteiger partial charge in [-0.05, 0) is 24.6 Å². The van der Waals surface area contributed by atoms with E-state index < -0.39 is 17.5 Å². The van der Waals surface area contributed by atoms with E-state index in [2.05, 4.69) is 5.32 Å². The number of fused-ring (bicyclic) bond motifs is 1. The highest BCUT2D eigenvalue weighted by atomic mass is 19.2. The van der Waals surface area contributed by atoms with Gasteiger partial charge in [-0.2, -0.15) is 0 Å². The van der Waals surface area contributed by atoms with Gasteiger partial charge in [0.1, 0.15) is 0 Å². The standard InChI is InChI=1S/C13H14F2N2O2/c14-8-2-1-6(5-9(8)15)13(18)17-11-10(16)7-3-4-19-12(7)11/h1-2,5,7,10-12H,3-4,16H2,(H,17,18). The number of ether oxygens (including phenoxy) is 1. The zero-order chi connectivity index (χ0) is 13.6. The topological polar surface area (TPSA) is 64.3 Å². The SMILES string of the molecule is NC1C2CCOC2C1NC(=O)c1ccc(F)c(F)c1. The van der Waals surface area contributed by atoms with Crippen LogP contribution in [0.5, 0.6) is 0 Å². The van der Waals surface area contributed by atoms with Gasteiger partial charge in [0.05, 0.1) is 12.1 Å². The lowest BCUT2D eigenvalue weighted by Gasteiger charge is -2.45. The number of halogens is 2. The minimum Gasteiger partial charge on any atom is -0.376 e. The minimum absolute atomic E-state index is 0.0516. The average Bonchev–Trinajstić information content (AvgIpc) is 2.83. The van der Waals surface area contributed by atoms with Crippen molar-refractivity contribution >= 4 is 5.91 Å². The maximum absolute atomic E-state index is 13.1. The maximum atomic E-state index is 13.1. The van der Waals surface area contributed by atoms with Crippen molar-refractivity contribution in [2.75, 3.05) is 6.61 Å². The highest BCUT2D eigenvalue weighted by Gasteiger charge is 2.52. The highest BCUT2D eigenvalue weighted by Crippen LogP contribution is 2.37. The highest BCUT2D eigenvalue weighted by molar-refractivity contribution is 5.94. The summed E-state index contributed by atoms with van der Waals surface area (Å²) in [4.78, 5) is 11.9. The summed E-state index contributed by atoms with van der Waals surface area (Å²) in [6, 6.07) is 2.65. The van der Waals surface area contributed by atoms with E-state index in [1.807, 2.05) is 0 Å². The Hall–Kier alpha value is -1.53. The van der Waals surface area contributed by atoms with E-state index in [1.165, 1.54) is 6.07 Å². The van der Waals surface area contributed by atoms with E-state index in [9.17, 15) is 13.6 Å². The Labute approximate surface area is 108 Å². The van der Waals surface area contributed by atoms with E-state index in [0.29, 0.717) is 6.61 Å². The third kappa shape index (κ3) is 2.01. The van der Waals surface area contributed by atoms with Crippen LogP contribution < -0.4 is 11.1 Å². The molecule has 4 unspecified atom stereocenters. The van der Waals surface area contributed by atoms with E-state index in [1.54, 1.807) is 0 Å². The first kappa shape index (κ1) is 12.5. The molecule has 1 saturated heterocycles. The molecule has 1 aromatic carbocycles. The summed E-state index contributed by atoms with van der Waals surface area (Å²) in [5, 5.41) is 2.72. The van der Waals surface area contributed by atoms with E-state index in [0.717, 1.165) is 18.6 Å². The van der Waals surface area contributed by atoms with Crippen LogP contribution in [0.15, 0.2) is 18.2 Å². The Kier molecular flexibility index (Phi) is 2.99. The number of amides is 1. The summed E-state index contributed by atoms with van der Waals surface area (Å²) in [6.07, 6.45) is 0.855. The molecule has 1 amide bonds. The third-order valence-electron chi connectivity index (χ3n) is 3.93. The molecular weight excluding hydrogens is 254 g/mol. The van der Waals surface area contributed by atoms with Crippen molar-refractivity contribution in [3.8, 4) is 0 Å². The van der Waals surface area contributed by atoms with Gasteiger partial charge in [0.15, 0.2) is 11.6 Å². The summed E-state index contributed by atoms with van der Waals surface area (Å²) in [5.74, 6) is -2.19. The van der Waals surface area contributed by atoms with Crippen LogP contribution >= 0.6 is 0 Å². The van der Waals surface area contributed by atoms with Gasteiger partial charge < -0.3 is 15.8 Å². The van der Waals surface area contributed by atoms with Gasteiger partial charge in [0, 0.05) is 24.1 Å². The molecule has 0 radical (unpaired) electrons. The largest absolute Gasteiger partial charge is 0.376 e. The molecule has 0 bridgehead atoms. The molecule has 4 atom stereocenters. The fourth-order valence-corrected chi connectivity index (χ4v) is 2.80. The molecule has 102 valence electrons. The van der Waals surface area contributed by atoms with Crippen LogP contribution in [0, 0.1) is 17.6 Å². The predicted molar refractivity (Wildman–Crippen MR) is 63.4 cm³/mol. The first-order valence-corrected chi connectivity index (χ1v) is 6.21. The first-order valence-electron chi connectivity index (χ1n) is 6.21. The van der Waals surface area contributed by atoms with Crippen LogP contribution in [-0.4, -0.2) is 30.7 Å². The molecule has 3 rings (SSSR count). The zero-order valence-corrected chi connectivity index (χ0v) is 10.1. The predicted octanol–water partition coefficient (Wildman–Crippen LogP) is 0.809. The van der Waals surface area contributed by atoms with Crippen molar-refractivity contribution in [2.45, 2.75) is 24.6 Å². The number of benzene rings is 1. The average molecular weight is 268 g/mol. The molecule has 1 aliphatic carbocycles. The number of carbonyl (C=O) groups is 1. The second-order valence-corrected chi connectivity index (χ2v) is 4.99. The van der Waals surface area contributed by atoms with Gasteiger partial charge in [0.25, 0.3) is 5.91 Å². The Morgan fingerprint density at radius 3 is 2.89 bits per heavy atom. The van der Waals surface area contributed by atoms with Crippen molar-refractivity contribution in [2.24, 2.45) is 11.7 Å². The molecule has 0 spiro atoms. The van der Waals surface area contributed by atoms with Crippen LogP contribution in [-0.2, 0) is 4.74 Å². The maximum Gasteiger partial charge on any atom is 0.251 e. The van der Waals surface area contributed by atoms with Crippen LogP contribution in [0.4, 0.5) is 8.78 Å². The first-order chi connectivity index (χ1) is 9.08. The molecule has 1 aliphatic heterocycles. The van der Waals surface area contributed by atoms with Gasteiger partial charge in [-0.3, -0.25) is 4.79 Å². The molecule has 1 heterocycles. The van der Waals surface area contributed by atoms with Crippen molar-refractivity contribution < 1.29 is 18.3 Å². The van der Waals surface area contributed by atoms with Crippen LogP contribution in [0.25, 0.3) is 0 Å². The minimum atomic E-state index is -1.04. The zero-order valence-electron chi connectivity index (χ0n) is 10.1. The molecule has 1 aromatic rings. The third-order valence-corrected chi connectivity index (χ3v) is 3.93. The summed E-state index contributed by atoms with van der Waals surface area (Å²) in [6.45, 7) is 0.653. The van der Waals surface area contributed by atoms with Crippen molar-refractivity contribution in [1.29, 1.82) is 0 Å². The van der Waals surface area contributed by atoms with E-state index >= 15 is 0 Å². The molecule has 4 nitrogen and oxygen atoms in total. The molecule has 3 N–H and O–H groups in total. The Morgan fingerprint density at radius 1 is 1.37 bits per heavy atom. The molecule has 2 aliphatic rings. The summed E-state index contributed by atoms with van der Waals surface area (Å²) < 4.78 is 31.3. The van der Waals surface area contributed by atoms with Crippen molar-refractivity contribution in [1.82, 2.24) is 5.32 Å². The summed E-state index contributed by atoms with van der Waals surface area (Å²) >= 11 is 0. The normalized spacial score (nSPS) is 32.6. The monoisotopic (exact) mass is 268 g/mol. The van der Waals surface area contributed by atoms with E-state index in [-0.39, 0.29) is 29.7 Å². The lowest BCUT2D eigenvalue weighted by Crippen LogP contribution is -2.68. The molecule has 2 fully saturated rings. The lowest BCUT2D eigenvalue weighted by atomic mass is 9.72. The number of hydrogen-bond acceptors (Lipinski definition) is 3. The molecular formula is C13H14F2N2O2. The number of nitrogens with two attached hydrogens (primary N) is 1. The lowest BCUT2D eigenvalue weighted by molar-refractivity contribution is -0.0161. The quantitative estimate of drug-likeness (QED) is 0.834. The van der Waals surface area contributed by atoms with Crippen LogP contribution in [0.2, 0.25) is 0 Å². The molecule has 0 aromatic heterocycles. The van der Waals surface area contributed by atoms with E-state index in [4.69, 9.17) is 10.5 Å². The van der Waals surface area contributed by atoms with Gasteiger partial charge in [-0.1, -0.05) is 0 Å². The van der Waals surface area contributed by atoms with Crippen molar-refractivity contribution in [3.63, 3.8) is 0 Å². The molecule has 19 heavy (non-hydrogen) atoms. The van der Waals surface area contributed by atoms with Gasteiger partial charge in [0.2, 0.25) is 0 Å². The number of carbonyl (C=O) groups excluding carboxylic acids is 1. The van der Waals surface area contributed by atoms with Gasteiger partial charge in [-0.15, -0.1) is 0 Å². The number of hydrogen-bond donors (Lipinski definition) is 2. The Balaban J connectivity index is 1.70. The van der Waals surface area contributed by atoms with Crippen LogP contribution in [0.3, 0.4) is 0 Å². The smallest absolute Gasteiger partial charge is 0.251 e. The number of rotatable bonds is 2. The second kappa shape index (κ2) is 4.54.